The van der Waals surface area contributed by atoms with Gasteiger partial charge in [0.15, 0.2) is 0 Å². The summed E-state index contributed by atoms with van der Waals surface area (Å²) in [6.07, 6.45) is 2.88. The van der Waals surface area contributed by atoms with Crippen LogP contribution in [0.25, 0.3) is 22.2 Å². The number of amides is 2. The Morgan fingerprint density at radius 3 is 2.45 bits per heavy atom. The molecule has 2 fully saturated rings. The maximum Gasteiger partial charge on any atom is 0.254 e. The Kier molecular flexibility index (Phi) is 4.59. The first-order valence-electron chi connectivity index (χ1n) is 10.7. The van der Waals surface area contributed by atoms with Crippen molar-refractivity contribution in [1.82, 2.24) is 19.4 Å². The molecule has 1 aliphatic carbocycles. The molecule has 2 aromatic carbocycles. The molecule has 1 aromatic heterocycles. The number of rotatable bonds is 3. The zero-order valence-electron chi connectivity index (χ0n) is 17.8. The summed E-state index contributed by atoms with van der Waals surface area (Å²) in [5, 5.41) is 10.1. The number of benzene rings is 2. The fraction of sp³-hybridized carbons (Fsp3) is 0.375. The molecular weight excluding hydrogens is 392 g/mol. The van der Waals surface area contributed by atoms with Crippen LogP contribution in [0.15, 0.2) is 48.8 Å². The molecule has 1 aliphatic heterocycles. The van der Waals surface area contributed by atoms with Crippen LogP contribution in [0.5, 0.6) is 0 Å². The van der Waals surface area contributed by atoms with Crippen molar-refractivity contribution in [2.75, 3.05) is 19.6 Å². The summed E-state index contributed by atoms with van der Waals surface area (Å²) in [5.41, 5.74) is 3.59. The molecule has 2 amide bonds. The zero-order valence-corrected chi connectivity index (χ0v) is 17.8. The number of aromatic nitrogens is 2. The minimum Gasteiger partial charge on any atom is -0.380 e. The van der Waals surface area contributed by atoms with Gasteiger partial charge in [0.05, 0.1) is 17.4 Å². The molecule has 0 unspecified atom stereocenters. The molecule has 2 heterocycles. The predicted octanol–water partition coefficient (Wildman–Crippen LogP) is 2.44. The van der Waals surface area contributed by atoms with E-state index in [-0.39, 0.29) is 17.9 Å². The van der Waals surface area contributed by atoms with Gasteiger partial charge in [-0.25, -0.2) is 4.98 Å². The van der Waals surface area contributed by atoms with Gasteiger partial charge in [-0.05, 0) is 55.2 Å². The van der Waals surface area contributed by atoms with E-state index in [1.165, 1.54) is 0 Å². The predicted molar refractivity (Wildman–Crippen MR) is 117 cm³/mol. The van der Waals surface area contributed by atoms with Crippen LogP contribution in [0.2, 0.25) is 0 Å². The standard InChI is InChI=1S/C24H26N4O3/c1-16-14-27(23(30)24(31)9-10-24)11-12-28(16)22(29)18-5-3-17(4-6-18)19-7-8-21-20(13-19)25-15-26(21)2/h3-8,13,15-16,31H,9-12,14H2,1-2H3/t16-/m0/s1. The number of hydrogen-bond acceptors (Lipinski definition) is 4. The Bertz CT molecular complexity index is 1160. The molecule has 7 nitrogen and oxygen atoms in total. The van der Waals surface area contributed by atoms with Gasteiger partial charge < -0.3 is 19.5 Å². The summed E-state index contributed by atoms with van der Waals surface area (Å²) in [6.45, 7) is 3.33. The molecule has 0 bridgehead atoms. The lowest BCUT2D eigenvalue weighted by atomic mass is 10.0. The Balaban J connectivity index is 1.29. The summed E-state index contributed by atoms with van der Waals surface area (Å²) in [5.74, 6) is -0.225. The number of imidazole rings is 1. The van der Waals surface area contributed by atoms with Gasteiger partial charge in [-0.1, -0.05) is 18.2 Å². The van der Waals surface area contributed by atoms with Crippen molar-refractivity contribution in [2.24, 2.45) is 7.05 Å². The molecule has 1 saturated heterocycles. The van der Waals surface area contributed by atoms with Gasteiger partial charge in [0.2, 0.25) is 0 Å². The summed E-state index contributed by atoms with van der Waals surface area (Å²) < 4.78 is 1.99. The Morgan fingerprint density at radius 2 is 1.77 bits per heavy atom. The lowest BCUT2D eigenvalue weighted by Gasteiger charge is -2.40. The van der Waals surface area contributed by atoms with Gasteiger partial charge in [0.1, 0.15) is 5.60 Å². The Labute approximate surface area is 180 Å². The smallest absolute Gasteiger partial charge is 0.254 e. The van der Waals surface area contributed by atoms with Crippen molar-refractivity contribution in [1.29, 1.82) is 0 Å². The molecule has 31 heavy (non-hydrogen) atoms. The van der Waals surface area contributed by atoms with Crippen molar-refractivity contribution in [3.05, 3.63) is 54.4 Å². The average Bonchev–Trinajstić information content (AvgIpc) is 3.44. The maximum absolute atomic E-state index is 13.1. The van der Waals surface area contributed by atoms with Gasteiger partial charge in [0, 0.05) is 38.3 Å². The summed E-state index contributed by atoms with van der Waals surface area (Å²) in [4.78, 5) is 33.4. The highest BCUT2D eigenvalue weighted by molar-refractivity contribution is 5.95. The molecule has 3 aromatic rings. The monoisotopic (exact) mass is 418 g/mol. The van der Waals surface area contributed by atoms with E-state index in [0.717, 1.165) is 22.2 Å². The van der Waals surface area contributed by atoms with Crippen LogP contribution in [0.1, 0.15) is 30.1 Å². The van der Waals surface area contributed by atoms with E-state index < -0.39 is 5.60 Å². The van der Waals surface area contributed by atoms with E-state index >= 15 is 0 Å². The van der Waals surface area contributed by atoms with Crippen LogP contribution in [0.3, 0.4) is 0 Å². The molecular formula is C24H26N4O3. The van der Waals surface area contributed by atoms with Crippen LogP contribution in [-0.2, 0) is 11.8 Å². The third kappa shape index (κ3) is 3.49. The normalized spacial score (nSPS) is 20.2. The van der Waals surface area contributed by atoms with Crippen LogP contribution >= 0.6 is 0 Å². The number of hydrogen-bond donors (Lipinski definition) is 1. The lowest BCUT2D eigenvalue weighted by molar-refractivity contribution is -0.144. The number of aryl methyl sites for hydroxylation is 1. The van der Waals surface area contributed by atoms with Crippen LogP contribution < -0.4 is 0 Å². The largest absolute Gasteiger partial charge is 0.380 e. The van der Waals surface area contributed by atoms with Gasteiger partial charge in [0.25, 0.3) is 11.8 Å². The summed E-state index contributed by atoms with van der Waals surface area (Å²) >= 11 is 0. The van der Waals surface area contributed by atoms with E-state index in [1.807, 2.05) is 47.7 Å². The van der Waals surface area contributed by atoms with Gasteiger partial charge in [-0.3, -0.25) is 9.59 Å². The Hall–Kier alpha value is -3.19. The van der Waals surface area contributed by atoms with Crippen molar-refractivity contribution in [3.63, 3.8) is 0 Å². The number of nitrogens with zero attached hydrogens (tertiary/aromatic N) is 4. The van der Waals surface area contributed by atoms with E-state index in [4.69, 9.17) is 0 Å². The zero-order chi connectivity index (χ0) is 21.8. The fourth-order valence-corrected chi connectivity index (χ4v) is 4.36. The SMILES string of the molecule is C[C@H]1CN(C(=O)C2(O)CC2)CCN1C(=O)c1ccc(-c2ccc3c(c2)ncn3C)cc1. The van der Waals surface area contributed by atoms with E-state index in [2.05, 4.69) is 23.2 Å². The second kappa shape index (κ2) is 7.20. The molecule has 0 spiro atoms. The third-order valence-corrected chi connectivity index (χ3v) is 6.49. The van der Waals surface area contributed by atoms with Crippen LogP contribution in [0.4, 0.5) is 0 Å². The molecule has 2 aliphatic rings. The second-order valence-corrected chi connectivity index (χ2v) is 8.77. The summed E-state index contributed by atoms with van der Waals surface area (Å²) in [7, 11) is 1.97. The Morgan fingerprint density at radius 1 is 1.06 bits per heavy atom. The average molecular weight is 418 g/mol. The molecule has 1 N–H and O–H groups in total. The van der Waals surface area contributed by atoms with Gasteiger partial charge >= 0.3 is 0 Å². The number of aliphatic hydroxyl groups is 1. The second-order valence-electron chi connectivity index (χ2n) is 8.77. The molecule has 5 rings (SSSR count). The number of piperazine rings is 1. The highest BCUT2D eigenvalue weighted by Crippen LogP contribution is 2.37. The van der Waals surface area contributed by atoms with Crippen molar-refractivity contribution < 1.29 is 14.7 Å². The topological polar surface area (TPSA) is 78.7 Å². The quantitative estimate of drug-likeness (QED) is 0.709. The minimum atomic E-state index is -1.15. The van der Waals surface area contributed by atoms with Crippen molar-refractivity contribution in [2.45, 2.75) is 31.4 Å². The number of carbonyl (C=O) groups is 2. The molecule has 1 saturated carbocycles. The number of carbonyl (C=O) groups excluding carboxylic acids is 2. The first kappa shape index (κ1) is 19.8. The van der Waals surface area contributed by atoms with E-state index in [0.29, 0.717) is 38.0 Å². The lowest BCUT2D eigenvalue weighted by Crippen LogP contribution is -2.57. The molecule has 160 valence electrons. The highest BCUT2D eigenvalue weighted by Gasteiger charge is 2.51. The van der Waals surface area contributed by atoms with Crippen LogP contribution in [0, 0.1) is 0 Å². The number of fused-ring (bicyclic) bond motifs is 1. The first-order chi connectivity index (χ1) is 14.9. The van der Waals surface area contributed by atoms with Gasteiger partial charge in [-0.2, -0.15) is 0 Å². The van der Waals surface area contributed by atoms with Gasteiger partial charge in [-0.15, -0.1) is 0 Å². The molecule has 1 atom stereocenters. The highest BCUT2D eigenvalue weighted by atomic mass is 16.3. The fourth-order valence-electron chi connectivity index (χ4n) is 4.36. The van der Waals surface area contributed by atoms with Crippen LogP contribution in [-0.4, -0.2) is 67.5 Å². The van der Waals surface area contributed by atoms with E-state index in [1.54, 1.807) is 11.2 Å². The first-order valence-corrected chi connectivity index (χ1v) is 10.7. The van der Waals surface area contributed by atoms with E-state index in [9.17, 15) is 14.7 Å². The van der Waals surface area contributed by atoms with Crippen molar-refractivity contribution >= 4 is 22.8 Å². The minimum absolute atomic E-state index is 0.0311. The summed E-state index contributed by atoms with van der Waals surface area (Å²) in [6, 6.07) is 13.7. The third-order valence-electron chi connectivity index (χ3n) is 6.49. The maximum atomic E-state index is 13.1. The molecule has 7 heteroatoms. The van der Waals surface area contributed by atoms with Crippen molar-refractivity contribution in [3.8, 4) is 11.1 Å². The molecule has 0 radical (unpaired) electrons.